The molecule has 0 spiro atoms. The molecule has 0 saturated carbocycles. The molecular weight excluding hydrogens is 336 g/mol. The minimum Gasteiger partial charge on any atom is -0.477 e. The molecule has 0 aliphatic heterocycles. The van der Waals surface area contributed by atoms with E-state index in [0.29, 0.717) is 31.9 Å². The highest BCUT2D eigenvalue weighted by atomic mass is 16.7. The van der Waals surface area contributed by atoms with Crippen LogP contribution < -0.4 is 4.74 Å². The third-order valence-corrected chi connectivity index (χ3v) is 4.27. The van der Waals surface area contributed by atoms with Gasteiger partial charge in [-0.15, -0.1) is 6.58 Å². The standard InChI is InChI=1S/C19H22N2O5/c1-3-8-21-18(19(22)23)16-6-4-13-11-14(26-12-25-10-9-24-2)5-7-15(13)17(16)20-21/h3,5,7,11H,1,4,6,8-10,12H2,2H3,(H,22,23). The van der Waals surface area contributed by atoms with E-state index in [1.807, 2.05) is 18.2 Å². The summed E-state index contributed by atoms with van der Waals surface area (Å²) in [6.45, 7) is 5.20. The molecule has 1 heterocycles. The smallest absolute Gasteiger partial charge is 0.354 e. The second-order valence-electron chi connectivity index (χ2n) is 5.93. The van der Waals surface area contributed by atoms with Crippen LogP contribution in [0.3, 0.4) is 0 Å². The lowest BCUT2D eigenvalue weighted by atomic mass is 9.89. The number of fused-ring (bicyclic) bond motifs is 3. The number of aromatic nitrogens is 2. The summed E-state index contributed by atoms with van der Waals surface area (Å²) >= 11 is 0. The van der Waals surface area contributed by atoms with E-state index in [4.69, 9.17) is 14.2 Å². The number of methoxy groups -OCH3 is 1. The number of benzene rings is 1. The summed E-state index contributed by atoms with van der Waals surface area (Å²) in [6, 6.07) is 5.74. The molecule has 7 heteroatoms. The molecule has 1 aliphatic rings. The van der Waals surface area contributed by atoms with E-state index < -0.39 is 5.97 Å². The van der Waals surface area contributed by atoms with Crippen LogP contribution >= 0.6 is 0 Å². The van der Waals surface area contributed by atoms with Gasteiger partial charge >= 0.3 is 5.97 Å². The normalized spacial score (nSPS) is 12.3. The number of rotatable bonds is 9. The number of carboxylic acid groups (broad SMARTS) is 1. The van der Waals surface area contributed by atoms with Crippen LogP contribution in [0.4, 0.5) is 0 Å². The van der Waals surface area contributed by atoms with Crippen LogP contribution in [-0.4, -0.2) is 48.0 Å². The first kappa shape index (κ1) is 18.2. The number of ether oxygens (including phenoxy) is 3. The number of aromatic carboxylic acids is 1. The van der Waals surface area contributed by atoms with Gasteiger partial charge in [0.25, 0.3) is 0 Å². The number of carbonyl (C=O) groups is 1. The predicted octanol–water partition coefficient (Wildman–Crippen LogP) is 2.53. The predicted molar refractivity (Wildman–Crippen MR) is 95.6 cm³/mol. The molecule has 0 saturated heterocycles. The lowest BCUT2D eigenvalue weighted by Gasteiger charge is -2.17. The van der Waals surface area contributed by atoms with E-state index in [1.54, 1.807) is 13.2 Å². The van der Waals surface area contributed by atoms with E-state index in [9.17, 15) is 9.90 Å². The highest BCUT2D eigenvalue weighted by Crippen LogP contribution is 2.36. The largest absolute Gasteiger partial charge is 0.477 e. The molecular formula is C19H22N2O5. The monoisotopic (exact) mass is 358 g/mol. The molecule has 2 aromatic rings. The van der Waals surface area contributed by atoms with E-state index in [-0.39, 0.29) is 12.5 Å². The zero-order valence-corrected chi connectivity index (χ0v) is 14.7. The Morgan fingerprint density at radius 1 is 1.38 bits per heavy atom. The summed E-state index contributed by atoms with van der Waals surface area (Å²) in [5.74, 6) is -0.245. The first-order valence-electron chi connectivity index (χ1n) is 8.42. The fourth-order valence-electron chi connectivity index (χ4n) is 3.11. The Labute approximate surface area is 151 Å². The second kappa shape index (κ2) is 8.16. The Morgan fingerprint density at radius 2 is 2.23 bits per heavy atom. The van der Waals surface area contributed by atoms with Gasteiger partial charge in [0.05, 0.1) is 25.5 Å². The molecule has 1 N–H and O–H groups in total. The van der Waals surface area contributed by atoms with Crippen LogP contribution in [0.15, 0.2) is 30.9 Å². The number of hydrogen-bond donors (Lipinski definition) is 1. The third-order valence-electron chi connectivity index (χ3n) is 4.27. The highest BCUT2D eigenvalue weighted by molar-refractivity contribution is 5.91. The average Bonchev–Trinajstić information content (AvgIpc) is 3.00. The van der Waals surface area contributed by atoms with E-state index in [1.165, 1.54) is 4.68 Å². The maximum Gasteiger partial charge on any atom is 0.354 e. The van der Waals surface area contributed by atoms with Crippen molar-refractivity contribution < 1.29 is 24.1 Å². The molecule has 0 radical (unpaired) electrons. The average molecular weight is 358 g/mol. The van der Waals surface area contributed by atoms with Crippen molar-refractivity contribution in [3.8, 4) is 17.0 Å². The van der Waals surface area contributed by atoms with Crippen LogP contribution in [0.25, 0.3) is 11.3 Å². The molecule has 0 bridgehead atoms. The molecule has 0 fully saturated rings. The number of allylic oxidation sites excluding steroid dienone is 1. The lowest BCUT2D eigenvalue weighted by Crippen LogP contribution is -2.12. The zero-order valence-electron chi connectivity index (χ0n) is 14.7. The molecule has 26 heavy (non-hydrogen) atoms. The van der Waals surface area contributed by atoms with Crippen LogP contribution in [-0.2, 0) is 28.9 Å². The van der Waals surface area contributed by atoms with Crippen molar-refractivity contribution in [2.75, 3.05) is 27.1 Å². The number of carboxylic acids is 1. The number of hydrogen-bond acceptors (Lipinski definition) is 5. The van der Waals surface area contributed by atoms with Gasteiger partial charge in [-0.2, -0.15) is 5.10 Å². The summed E-state index contributed by atoms with van der Waals surface area (Å²) in [5.41, 5.74) is 3.80. The molecule has 1 aliphatic carbocycles. The van der Waals surface area contributed by atoms with Gasteiger partial charge in [-0.25, -0.2) is 4.79 Å². The summed E-state index contributed by atoms with van der Waals surface area (Å²) in [6.07, 6.45) is 3.02. The zero-order chi connectivity index (χ0) is 18.5. The van der Waals surface area contributed by atoms with Crippen molar-refractivity contribution in [3.63, 3.8) is 0 Å². The van der Waals surface area contributed by atoms with Crippen molar-refractivity contribution in [1.29, 1.82) is 0 Å². The maximum absolute atomic E-state index is 11.7. The van der Waals surface area contributed by atoms with E-state index >= 15 is 0 Å². The van der Waals surface area contributed by atoms with Gasteiger partial charge in [-0.3, -0.25) is 4.68 Å². The maximum atomic E-state index is 11.7. The summed E-state index contributed by atoms with van der Waals surface area (Å²) in [4.78, 5) is 11.7. The van der Waals surface area contributed by atoms with Crippen LogP contribution in [0, 0.1) is 0 Å². The molecule has 7 nitrogen and oxygen atoms in total. The quantitative estimate of drug-likeness (QED) is 0.421. The Kier molecular flexibility index (Phi) is 5.70. The van der Waals surface area contributed by atoms with Gasteiger partial charge in [0.15, 0.2) is 6.79 Å². The van der Waals surface area contributed by atoms with Crippen molar-refractivity contribution in [1.82, 2.24) is 9.78 Å². The van der Waals surface area contributed by atoms with Gasteiger partial charge < -0.3 is 19.3 Å². The topological polar surface area (TPSA) is 82.8 Å². The highest BCUT2D eigenvalue weighted by Gasteiger charge is 2.28. The molecule has 1 aromatic carbocycles. The lowest BCUT2D eigenvalue weighted by molar-refractivity contribution is -0.00849. The molecule has 138 valence electrons. The van der Waals surface area contributed by atoms with Crippen LogP contribution in [0.2, 0.25) is 0 Å². The number of nitrogens with zero attached hydrogens (tertiary/aromatic N) is 2. The fourth-order valence-corrected chi connectivity index (χ4v) is 3.11. The Balaban J connectivity index is 1.82. The summed E-state index contributed by atoms with van der Waals surface area (Å²) in [7, 11) is 1.62. The van der Waals surface area contributed by atoms with E-state index in [0.717, 1.165) is 28.8 Å². The van der Waals surface area contributed by atoms with Crippen LogP contribution in [0.1, 0.15) is 21.6 Å². The van der Waals surface area contributed by atoms with Gasteiger partial charge in [-0.1, -0.05) is 6.08 Å². The van der Waals surface area contributed by atoms with Gasteiger partial charge in [0, 0.05) is 18.2 Å². The van der Waals surface area contributed by atoms with Gasteiger partial charge in [-0.05, 0) is 36.6 Å². The van der Waals surface area contributed by atoms with Crippen molar-refractivity contribution in [2.45, 2.75) is 19.4 Å². The summed E-state index contributed by atoms with van der Waals surface area (Å²) < 4.78 is 17.3. The second-order valence-corrected chi connectivity index (χ2v) is 5.93. The van der Waals surface area contributed by atoms with Gasteiger partial charge in [0.2, 0.25) is 0 Å². The Bertz CT molecular complexity index is 813. The number of aryl methyl sites for hydroxylation is 1. The molecule has 0 amide bonds. The van der Waals surface area contributed by atoms with Crippen molar-refractivity contribution in [3.05, 3.63) is 47.7 Å². The minimum atomic E-state index is -0.961. The molecule has 0 atom stereocenters. The summed E-state index contributed by atoms with van der Waals surface area (Å²) in [5, 5.41) is 14.1. The third kappa shape index (κ3) is 3.63. The minimum absolute atomic E-state index is 0.157. The first-order chi connectivity index (χ1) is 12.7. The molecule has 1 aromatic heterocycles. The van der Waals surface area contributed by atoms with Crippen molar-refractivity contribution >= 4 is 5.97 Å². The van der Waals surface area contributed by atoms with Crippen LogP contribution in [0.5, 0.6) is 5.75 Å². The van der Waals surface area contributed by atoms with E-state index in [2.05, 4.69) is 11.7 Å². The van der Waals surface area contributed by atoms with Crippen molar-refractivity contribution in [2.24, 2.45) is 0 Å². The Morgan fingerprint density at radius 3 is 2.96 bits per heavy atom. The molecule has 3 rings (SSSR count). The fraction of sp³-hybridized carbons (Fsp3) is 0.368. The molecule has 0 unspecified atom stereocenters. The van der Waals surface area contributed by atoms with Gasteiger partial charge in [0.1, 0.15) is 11.4 Å². The SMILES string of the molecule is C=CCn1nc2c(c1C(=O)O)CCc1cc(OCOCCOC)ccc1-2. The first-order valence-corrected chi connectivity index (χ1v) is 8.42. The Hall–Kier alpha value is -2.64.